The Morgan fingerprint density at radius 3 is 2.64 bits per heavy atom. The fourth-order valence-corrected chi connectivity index (χ4v) is 1.39. The summed E-state index contributed by atoms with van der Waals surface area (Å²) in [7, 11) is 1.69. The number of methoxy groups -OCH3 is 1. The molecule has 0 spiro atoms. The number of hydrogen-bond donors (Lipinski definition) is 0. The molecule has 14 heavy (non-hydrogen) atoms. The Bertz CT molecular complexity index is 271. The van der Waals surface area contributed by atoms with Crippen LogP contribution in [-0.2, 0) is 4.74 Å². The lowest BCUT2D eigenvalue weighted by Crippen LogP contribution is -2.02. The molecule has 0 saturated heterocycles. The molecule has 0 aliphatic heterocycles. The summed E-state index contributed by atoms with van der Waals surface area (Å²) in [5.41, 5.74) is 1.11. The molecule has 0 radical (unpaired) electrons. The molecule has 0 N–H and O–H groups in total. The Morgan fingerprint density at radius 2 is 2.00 bits per heavy atom. The molecule has 0 aliphatic rings. The summed E-state index contributed by atoms with van der Waals surface area (Å²) in [5, 5.41) is 0. The highest BCUT2D eigenvalue weighted by Gasteiger charge is 2.09. The molecule has 0 aliphatic carbocycles. The second-order valence-electron chi connectivity index (χ2n) is 3.25. The summed E-state index contributed by atoms with van der Waals surface area (Å²) in [6, 6.07) is 7.97. The van der Waals surface area contributed by atoms with E-state index >= 15 is 0 Å². The van der Waals surface area contributed by atoms with Crippen molar-refractivity contribution in [3.8, 4) is 5.75 Å². The van der Waals surface area contributed by atoms with Gasteiger partial charge in [-0.1, -0.05) is 25.1 Å². The minimum Gasteiger partial charge on any atom is -0.496 e. The van der Waals surface area contributed by atoms with Gasteiger partial charge in [0.1, 0.15) is 5.75 Å². The maximum absolute atomic E-state index is 5.64. The van der Waals surface area contributed by atoms with E-state index in [-0.39, 0.29) is 6.10 Å². The lowest BCUT2D eigenvalue weighted by molar-refractivity contribution is 0.0645. The normalized spacial score (nSPS) is 12.5. The van der Waals surface area contributed by atoms with Crippen LogP contribution < -0.4 is 4.74 Å². The summed E-state index contributed by atoms with van der Waals surface area (Å²) < 4.78 is 10.9. The molecule has 0 fully saturated rings. The van der Waals surface area contributed by atoms with Crippen LogP contribution in [0, 0.1) is 0 Å². The molecule has 1 aromatic rings. The zero-order valence-corrected chi connectivity index (χ0v) is 9.12. The number of para-hydroxylation sites is 1. The van der Waals surface area contributed by atoms with Gasteiger partial charge in [0.2, 0.25) is 0 Å². The van der Waals surface area contributed by atoms with Crippen LogP contribution in [0.3, 0.4) is 0 Å². The quantitative estimate of drug-likeness (QED) is 0.716. The van der Waals surface area contributed by atoms with Crippen molar-refractivity contribution in [2.24, 2.45) is 0 Å². The molecule has 2 heteroatoms. The van der Waals surface area contributed by atoms with Gasteiger partial charge in [-0.2, -0.15) is 0 Å². The predicted octanol–water partition coefficient (Wildman–Crippen LogP) is 3.18. The van der Waals surface area contributed by atoms with Crippen molar-refractivity contribution in [1.29, 1.82) is 0 Å². The average Bonchev–Trinajstić information content (AvgIpc) is 2.25. The Labute approximate surface area is 85.8 Å². The first-order valence-corrected chi connectivity index (χ1v) is 5.04. The van der Waals surface area contributed by atoms with E-state index in [1.165, 1.54) is 0 Å². The highest BCUT2D eigenvalue weighted by Crippen LogP contribution is 2.26. The molecule has 0 amide bonds. The van der Waals surface area contributed by atoms with Crippen molar-refractivity contribution in [1.82, 2.24) is 0 Å². The summed E-state index contributed by atoms with van der Waals surface area (Å²) in [4.78, 5) is 0. The van der Waals surface area contributed by atoms with E-state index in [9.17, 15) is 0 Å². The van der Waals surface area contributed by atoms with Gasteiger partial charge in [0.25, 0.3) is 0 Å². The van der Waals surface area contributed by atoms with E-state index in [0.717, 1.165) is 24.3 Å². The van der Waals surface area contributed by atoms with Gasteiger partial charge in [0.15, 0.2) is 0 Å². The molecule has 0 bridgehead atoms. The monoisotopic (exact) mass is 194 g/mol. The summed E-state index contributed by atoms with van der Waals surface area (Å²) in [6.07, 6.45) is 1.14. The van der Waals surface area contributed by atoms with Crippen LogP contribution in [0.2, 0.25) is 0 Å². The lowest BCUT2D eigenvalue weighted by atomic mass is 10.1. The number of hydrogen-bond acceptors (Lipinski definition) is 2. The van der Waals surface area contributed by atoms with Crippen LogP contribution in [-0.4, -0.2) is 13.7 Å². The standard InChI is InChI=1S/C12H18O2/c1-4-9-14-10(2)11-7-5-6-8-12(11)13-3/h5-8,10H,4,9H2,1-3H3. The first kappa shape index (κ1) is 11.1. The van der Waals surface area contributed by atoms with Crippen LogP contribution in [0.4, 0.5) is 0 Å². The number of ether oxygens (including phenoxy) is 2. The minimum atomic E-state index is 0.103. The lowest BCUT2D eigenvalue weighted by Gasteiger charge is -2.15. The molecule has 0 heterocycles. The summed E-state index contributed by atoms with van der Waals surface area (Å²) in [6.45, 7) is 4.95. The van der Waals surface area contributed by atoms with Crippen LogP contribution in [0.15, 0.2) is 24.3 Å². The molecular weight excluding hydrogens is 176 g/mol. The average molecular weight is 194 g/mol. The van der Waals surface area contributed by atoms with Crippen LogP contribution >= 0.6 is 0 Å². The van der Waals surface area contributed by atoms with E-state index in [1.54, 1.807) is 7.11 Å². The van der Waals surface area contributed by atoms with Crippen molar-refractivity contribution in [3.63, 3.8) is 0 Å². The fraction of sp³-hybridized carbons (Fsp3) is 0.500. The number of rotatable bonds is 5. The summed E-state index contributed by atoms with van der Waals surface area (Å²) >= 11 is 0. The molecule has 2 nitrogen and oxygen atoms in total. The second-order valence-corrected chi connectivity index (χ2v) is 3.25. The zero-order valence-electron chi connectivity index (χ0n) is 9.12. The zero-order chi connectivity index (χ0) is 10.4. The first-order valence-electron chi connectivity index (χ1n) is 5.04. The predicted molar refractivity (Wildman–Crippen MR) is 57.7 cm³/mol. The smallest absolute Gasteiger partial charge is 0.124 e. The van der Waals surface area contributed by atoms with E-state index < -0.39 is 0 Å². The van der Waals surface area contributed by atoms with E-state index in [4.69, 9.17) is 9.47 Å². The van der Waals surface area contributed by atoms with Crippen LogP contribution in [0.25, 0.3) is 0 Å². The van der Waals surface area contributed by atoms with E-state index in [2.05, 4.69) is 6.92 Å². The molecular formula is C12H18O2. The topological polar surface area (TPSA) is 18.5 Å². The highest BCUT2D eigenvalue weighted by atomic mass is 16.5. The Balaban J connectivity index is 2.72. The SMILES string of the molecule is CCCOC(C)c1ccccc1OC. The van der Waals surface area contributed by atoms with E-state index in [0.29, 0.717) is 0 Å². The Hall–Kier alpha value is -1.02. The van der Waals surface area contributed by atoms with Gasteiger partial charge in [0.05, 0.1) is 13.2 Å². The van der Waals surface area contributed by atoms with Gasteiger partial charge in [-0.3, -0.25) is 0 Å². The van der Waals surface area contributed by atoms with E-state index in [1.807, 2.05) is 31.2 Å². The van der Waals surface area contributed by atoms with Gasteiger partial charge in [-0.05, 0) is 19.4 Å². The van der Waals surface area contributed by atoms with Gasteiger partial charge < -0.3 is 9.47 Å². The van der Waals surface area contributed by atoms with Gasteiger partial charge in [-0.15, -0.1) is 0 Å². The van der Waals surface area contributed by atoms with Gasteiger partial charge in [-0.25, -0.2) is 0 Å². The second kappa shape index (κ2) is 5.66. The Kier molecular flexibility index (Phi) is 4.47. The Morgan fingerprint density at radius 1 is 1.29 bits per heavy atom. The third kappa shape index (κ3) is 2.74. The third-order valence-electron chi connectivity index (χ3n) is 2.15. The molecule has 1 aromatic carbocycles. The molecule has 1 rings (SSSR count). The largest absolute Gasteiger partial charge is 0.496 e. The molecule has 78 valence electrons. The highest BCUT2D eigenvalue weighted by molar-refractivity contribution is 5.34. The van der Waals surface area contributed by atoms with Crippen molar-refractivity contribution >= 4 is 0 Å². The van der Waals surface area contributed by atoms with Crippen molar-refractivity contribution in [2.45, 2.75) is 26.4 Å². The molecule has 1 unspecified atom stereocenters. The first-order chi connectivity index (χ1) is 6.79. The van der Waals surface area contributed by atoms with Crippen LogP contribution in [0.5, 0.6) is 5.75 Å². The van der Waals surface area contributed by atoms with Crippen molar-refractivity contribution < 1.29 is 9.47 Å². The van der Waals surface area contributed by atoms with Crippen LogP contribution in [0.1, 0.15) is 31.9 Å². The molecule has 1 atom stereocenters. The maximum Gasteiger partial charge on any atom is 0.124 e. The third-order valence-corrected chi connectivity index (χ3v) is 2.15. The number of benzene rings is 1. The van der Waals surface area contributed by atoms with Gasteiger partial charge >= 0.3 is 0 Å². The molecule has 0 saturated carbocycles. The van der Waals surface area contributed by atoms with Gasteiger partial charge in [0, 0.05) is 12.2 Å². The summed E-state index contributed by atoms with van der Waals surface area (Å²) in [5.74, 6) is 0.899. The van der Waals surface area contributed by atoms with Crippen molar-refractivity contribution in [3.05, 3.63) is 29.8 Å². The molecule has 0 aromatic heterocycles. The maximum atomic E-state index is 5.64. The van der Waals surface area contributed by atoms with Crippen molar-refractivity contribution in [2.75, 3.05) is 13.7 Å². The minimum absolute atomic E-state index is 0.103. The fourth-order valence-electron chi connectivity index (χ4n) is 1.39.